The molecule has 1 aromatic carbocycles. The molecule has 0 atom stereocenters. The van der Waals surface area contributed by atoms with Crippen LogP contribution in [0.15, 0.2) is 30.9 Å². The van der Waals surface area contributed by atoms with Gasteiger partial charge in [0, 0.05) is 0 Å². The van der Waals surface area contributed by atoms with Crippen LogP contribution in [0.3, 0.4) is 0 Å². The number of hydrogen-bond acceptors (Lipinski definition) is 3. The molecule has 0 spiro atoms. The molecule has 0 aliphatic carbocycles. The van der Waals surface area contributed by atoms with Gasteiger partial charge in [0.25, 0.3) is 0 Å². The average Bonchev–Trinajstić information content (AvgIpc) is 2.56. The molecule has 4 nitrogen and oxygen atoms in total. The molecule has 1 heterocycles. The Morgan fingerprint density at radius 3 is 2.54 bits per heavy atom. The van der Waals surface area contributed by atoms with Crippen LogP contribution in [0, 0.1) is 6.92 Å². The van der Waals surface area contributed by atoms with Gasteiger partial charge in [-0.15, -0.1) is 10.2 Å². The highest BCUT2D eigenvalue weighted by Gasteiger charge is 2.00. The lowest BCUT2D eigenvalue weighted by molar-refractivity contribution is 1.06. The predicted molar refractivity (Wildman–Crippen MR) is 50.5 cm³/mol. The molecular weight excluding hydrogens is 164 g/mol. The number of aromatic nitrogens is 3. The monoisotopic (exact) mass is 174 g/mol. The lowest BCUT2D eigenvalue weighted by atomic mass is 10.2. The van der Waals surface area contributed by atoms with Crippen molar-refractivity contribution in [1.29, 1.82) is 0 Å². The molecule has 2 aromatic rings. The predicted octanol–water partition coefficient (Wildman–Crippen LogP) is 1.16. The topological polar surface area (TPSA) is 56.7 Å². The number of rotatable bonds is 1. The van der Waals surface area contributed by atoms with Crippen LogP contribution >= 0.6 is 0 Å². The summed E-state index contributed by atoms with van der Waals surface area (Å²) in [5.74, 6) is 0. The average molecular weight is 174 g/mol. The molecule has 2 rings (SSSR count). The van der Waals surface area contributed by atoms with Crippen molar-refractivity contribution in [2.24, 2.45) is 0 Å². The molecule has 4 heteroatoms. The Bertz CT molecular complexity index is 406. The van der Waals surface area contributed by atoms with E-state index in [9.17, 15) is 0 Å². The molecular formula is C9H10N4. The van der Waals surface area contributed by atoms with Crippen LogP contribution in [-0.2, 0) is 0 Å². The summed E-state index contributed by atoms with van der Waals surface area (Å²) in [5, 5.41) is 7.44. The van der Waals surface area contributed by atoms with Crippen LogP contribution in [0.5, 0.6) is 0 Å². The van der Waals surface area contributed by atoms with Crippen molar-refractivity contribution in [2.75, 3.05) is 5.73 Å². The second kappa shape index (κ2) is 2.90. The summed E-state index contributed by atoms with van der Waals surface area (Å²) in [6, 6.07) is 5.88. The van der Waals surface area contributed by atoms with Gasteiger partial charge >= 0.3 is 0 Å². The molecule has 0 aliphatic heterocycles. The number of nitrogens with zero attached hydrogens (tertiary/aromatic N) is 3. The van der Waals surface area contributed by atoms with Gasteiger partial charge < -0.3 is 5.73 Å². The molecule has 0 saturated heterocycles. The van der Waals surface area contributed by atoms with Crippen LogP contribution in [0.1, 0.15) is 5.56 Å². The normalized spacial score (nSPS) is 10.2. The Labute approximate surface area is 76.0 Å². The van der Waals surface area contributed by atoms with Gasteiger partial charge in [-0.05, 0) is 24.6 Å². The fourth-order valence-electron chi connectivity index (χ4n) is 1.23. The molecule has 0 fully saturated rings. The van der Waals surface area contributed by atoms with Crippen molar-refractivity contribution in [3.63, 3.8) is 0 Å². The Morgan fingerprint density at radius 1 is 1.23 bits per heavy atom. The lowest BCUT2D eigenvalue weighted by Crippen LogP contribution is -1.97. The number of aryl methyl sites for hydroxylation is 1. The van der Waals surface area contributed by atoms with Crippen LogP contribution in [0.25, 0.3) is 5.69 Å². The van der Waals surface area contributed by atoms with Crippen molar-refractivity contribution in [1.82, 2.24) is 14.8 Å². The summed E-state index contributed by atoms with van der Waals surface area (Å²) in [5.41, 5.74) is 8.63. The maximum absolute atomic E-state index is 5.84. The number of benzene rings is 1. The van der Waals surface area contributed by atoms with E-state index in [4.69, 9.17) is 5.73 Å². The Hall–Kier alpha value is -1.84. The van der Waals surface area contributed by atoms with Crippen LogP contribution in [0.2, 0.25) is 0 Å². The van der Waals surface area contributed by atoms with Gasteiger partial charge in [0.1, 0.15) is 12.7 Å². The Balaban J connectivity index is 2.53. The Kier molecular flexibility index (Phi) is 1.73. The van der Waals surface area contributed by atoms with Gasteiger partial charge in [-0.3, -0.25) is 4.57 Å². The van der Waals surface area contributed by atoms with Crippen LogP contribution in [-0.4, -0.2) is 14.8 Å². The molecule has 0 unspecified atom stereocenters. The van der Waals surface area contributed by atoms with E-state index in [-0.39, 0.29) is 0 Å². The quantitative estimate of drug-likeness (QED) is 0.660. The van der Waals surface area contributed by atoms with E-state index in [0.717, 1.165) is 16.9 Å². The van der Waals surface area contributed by atoms with Gasteiger partial charge in [0.15, 0.2) is 0 Å². The van der Waals surface area contributed by atoms with Crippen molar-refractivity contribution in [3.8, 4) is 5.69 Å². The molecule has 0 radical (unpaired) electrons. The highest BCUT2D eigenvalue weighted by Crippen LogP contribution is 2.17. The first kappa shape index (κ1) is 7.79. The van der Waals surface area contributed by atoms with E-state index < -0.39 is 0 Å². The van der Waals surface area contributed by atoms with E-state index in [2.05, 4.69) is 10.2 Å². The van der Waals surface area contributed by atoms with Crippen LogP contribution < -0.4 is 5.73 Å². The maximum atomic E-state index is 5.84. The SMILES string of the molecule is Cc1ccc(-n2cnnc2)c(N)c1. The largest absolute Gasteiger partial charge is 0.397 e. The highest BCUT2D eigenvalue weighted by molar-refractivity contribution is 5.58. The lowest BCUT2D eigenvalue weighted by Gasteiger charge is -2.05. The Morgan fingerprint density at radius 2 is 1.92 bits per heavy atom. The van der Waals surface area contributed by atoms with Crippen molar-refractivity contribution < 1.29 is 0 Å². The third-order valence-electron chi connectivity index (χ3n) is 1.88. The fourth-order valence-corrected chi connectivity index (χ4v) is 1.23. The molecule has 0 amide bonds. The zero-order chi connectivity index (χ0) is 9.26. The molecule has 0 saturated carbocycles. The zero-order valence-electron chi connectivity index (χ0n) is 7.31. The fraction of sp³-hybridized carbons (Fsp3) is 0.111. The first-order chi connectivity index (χ1) is 6.27. The second-order valence-electron chi connectivity index (χ2n) is 2.93. The molecule has 1 aromatic heterocycles. The smallest absolute Gasteiger partial charge is 0.123 e. The number of nitrogen functional groups attached to an aromatic ring is 1. The van der Waals surface area contributed by atoms with E-state index in [1.165, 1.54) is 0 Å². The van der Waals surface area contributed by atoms with E-state index in [0.29, 0.717) is 0 Å². The summed E-state index contributed by atoms with van der Waals surface area (Å²) in [6.45, 7) is 2.01. The first-order valence-electron chi connectivity index (χ1n) is 3.98. The molecule has 0 aliphatic rings. The van der Waals surface area contributed by atoms with Crippen LogP contribution in [0.4, 0.5) is 5.69 Å². The van der Waals surface area contributed by atoms with Crippen molar-refractivity contribution in [2.45, 2.75) is 6.92 Å². The first-order valence-corrected chi connectivity index (χ1v) is 3.98. The van der Waals surface area contributed by atoms with Crippen molar-refractivity contribution in [3.05, 3.63) is 36.4 Å². The summed E-state index contributed by atoms with van der Waals surface area (Å²) in [4.78, 5) is 0. The minimum Gasteiger partial charge on any atom is -0.397 e. The highest BCUT2D eigenvalue weighted by atomic mass is 15.2. The van der Waals surface area contributed by atoms with E-state index >= 15 is 0 Å². The summed E-state index contributed by atoms with van der Waals surface area (Å²) >= 11 is 0. The van der Waals surface area contributed by atoms with Gasteiger partial charge in [-0.1, -0.05) is 6.07 Å². The van der Waals surface area contributed by atoms with Gasteiger partial charge in [0.2, 0.25) is 0 Å². The molecule has 66 valence electrons. The maximum Gasteiger partial charge on any atom is 0.123 e. The minimum atomic E-state index is 0.736. The summed E-state index contributed by atoms with van der Waals surface area (Å²) in [6.07, 6.45) is 3.25. The minimum absolute atomic E-state index is 0.736. The third-order valence-corrected chi connectivity index (χ3v) is 1.88. The second-order valence-corrected chi connectivity index (χ2v) is 2.93. The summed E-state index contributed by atoms with van der Waals surface area (Å²) in [7, 11) is 0. The van der Waals surface area contributed by atoms with Gasteiger partial charge in [0.05, 0.1) is 11.4 Å². The third kappa shape index (κ3) is 1.38. The molecule has 2 N–H and O–H groups in total. The van der Waals surface area contributed by atoms with E-state index in [1.807, 2.05) is 25.1 Å². The molecule has 13 heavy (non-hydrogen) atoms. The van der Waals surface area contributed by atoms with Crippen molar-refractivity contribution >= 4 is 5.69 Å². The zero-order valence-corrected chi connectivity index (χ0v) is 7.31. The number of anilines is 1. The van der Waals surface area contributed by atoms with Gasteiger partial charge in [-0.25, -0.2) is 0 Å². The number of nitrogens with two attached hydrogens (primary N) is 1. The van der Waals surface area contributed by atoms with Gasteiger partial charge in [-0.2, -0.15) is 0 Å². The summed E-state index contributed by atoms with van der Waals surface area (Å²) < 4.78 is 1.79. The number of hydrogen-bond donors (Lipinski definition) is 1. The standard InChI is InChI=1S/C9H10N4/c1-7-2-3-9(8(10)4-7)13-5-11-12-6-13/h2-6H,10H2,1H3. The van der Waals surface area contributed by atoms with E-state index in [1.54, 1.807) is 17.2 Å². The molecule has 0 bridgehead atoms.